The van der Waals surface area contributed by atoms with Gasteiger partial charge in [-0.15, -0.1) is 0 Å². The fraction of sp³-hybridized carbons (Fsp3) is 0.200. The average Bonchev–Trinajstić information content (AvgIpc) is 2.43. The number of rotatable bonds is 4. The van der Waals surface area contributed by atoms with E-state index in [1.165, 1.54) is 0 Å². The summed E-state index contributed by atoms with van der Waals surface area (Å²) in [6.07, 6.45) is 0. The maximum atomic E-state index is 6.31. The zero-order valence-corrected chi connectivity index (χ0v) is 15.4. The van der Waals surface area contributed by atoms with E-state index in [0.717, 1.165) is 29.9 Å². The first-order valence-electron chi connectivity index (χ1n) is 6.15. The Morgan fingerprint density at radius 2 is 1.90 bits per heavy atom. The van der Waals surface area contributed by atoms with Gasteiger partial charge in [0, 0.05) is 3.57 Å². The highest BCUT2D eigenvalue weighted by molar-refractivity contribution is 14.1. The maximum Gasteiger partial charge on any atom is 0.133 e. The van der Waals surface area contributed by atoms with Gasteiger partial charge in [-0.1, -0.05) is 23.7 Å². The average molecular weight is 467 g/mol. The Morgan fingerprint density at radius 3 is 2.50 bits per heavy atom. The predicted molar refractivity (Wildman–Crippen MR) is 95.5 cm³/mol. The minimum Gasteiger partial charge on any atom is -0.493 e. The first-order valence-corrected chi connectivity index (χ1v) is 8.40. The van der Waals surface area contributed by atoms with Crippen LogP contribution >= 0.6 is 50.1 Å². The molecule has 0 bridgehead atoms. The lowest BCUT2D eigenvalue weighted by molar-refractivity contribution is 0.338. The Kier molecular flexibility index (Phi) is 5.72. The monoisotopic (exact) mass is 465 g/mol. The van der Waals surface area contributed by atoms with Crippen molar-refractivity contribution in [1.82, 2.24) is 0 Å². The van der Waals surface area contributed by atoms with Gasteiger partial charge in [0.2, 0.25) is 0 Å². The first-order chi connectivity index (χ1) is 9.52. The summed E-state index contributed by atoms with van der Waals surface area (Å²) in [4.78, 5) is 0. The number of hydrogen-bond donors (Lipinski definition) is 1. The Balaban J connectivity index is 2.30. The molecule has 0 heterocycles. The molecule has 0 saturated heterocycles. The molecule has 2 aromatic carbocycles. The molecule has 1 unspecified atom stereocenters. The lowest BCUT2D eigenvalue weighted by Crippen LogP contribution is -2.12. The standard InChI is InChI=1S/C15H14BrClINO/c1-2-20-14-6-4-9(7-11(14)16)15(19)10-3-5-13(18)12(17)8-10/h3-8,15H,2,19H2,1H3. The van der Waals surface area contributed by atoms with Crippen molar-refractivity contribution in [3.8, 4) is 5.75 Å². The molecule has 0 saturated carbocycles. The smallest absolute Gasteiger partial charge is 0.133 e. The normalized spacial score (nSPS) is 12.2. The minimum atomic E-state index is -0.212. The second-order valence-corrected chi connectivity index (χ2v) is 6.70. The largest absolute Gasteiger partial charge is 0.493 e. The van der Waals surface area contributed by atoms with E-state index in [9.17, 15) is 0 Å². The molecule has 0 amide bonds. The third-order valence-corrected chi connectivity index (χ3v) is 5.11. The van der Waals surface area contributed by atoms with Gasteiger partial charge >= 0.3 is 0 Å². The van der Waals surface area contributed by atoms with Gasteiger partial charge in [-0.2, -0.15) is 0 Å². The van der Waals surface area contributed by atoms with E-state index in [0.29, 0.717) is 6.61 Å². The van der Waals surface area contributed by atoms with Crippen molar-refractivity contribution in [3.63, 3.8) is 0 Å². The molecule has 20 heavy (non-hydrogen) atoms. The van der Waals surface area contributed by atoms with Crippen molar-refractivity contribution in [3.05, 3.63) is 60.6 Å². The minimum absolute atomic E-state index is 0.212. The molecule has 0 aliphatic rings. The summed E-state index contributed by atoms with van der Waals surface area (Å²) in [6, 6.07) is 11.6. The van der Waals surface area contributed by atoms with Gasteiger partial charge in [-0.3, -0.25) is 0 Å². The highest BCUT2D eigenvalue weighted by Crippen LogP contribution is 2.31. The van der Waals surface area contributed by atoms with Gasteiger partial charge in [0.1, 0.15) is 5.75 Å². The van der Waals surface area contributed by atoms with Crippen molar-refractivity contribution in [2.75, 3.05) is 6.61 Å². The Morgan fingerprint density at radius 1 is 1.25 bits per heavy atom. The Bertz CT molecular complexity index is 621. The summed E-state index contributed by atoms with van der Waals surface area (Å²) in [5, 5.41) is 0.726. The number of ether oxygens (including phenoxy) is 1. The Hall–Kier alpha value is -0.300. The molecular formula is C15H14BrClINO. The molecule has 0 aromatic heterocycles. The van der Waals surface area contributed by atoms with Crippen LogP contribution in [0.4, 0.5) is 0 Å². The molecule has 0 radical (unpaired) electrons. The molecule has 2 nitrogen and oxygen atoms in total. The predicted octanol–water partition coefficient (Wildman–Crippen LogP) is 5.15. The van der Waals surface area contributed by atoms with Crippen LogP contribution in [0.2, 0.25) is 5.02 Å². The summed E-state index contributed by atoms with van der Waals surface area (Å²) >= 11 is 11.9. The van der Waals surface area contributed by atoms with Crippen LogP contribution in [0.15, 0.2) is 40.9 Å². The van der Waals surface area contributed by atoms with Crippen LogP contribution in [0.1, 0.15) is 24.1 Å². The van der Waals surface area contributed by atoms with Gasteiger partial charge in [-0.25, -0.2) is 0 Å². The quantitative estimate of drug-likeness (QED) is 0.633. The molecule has 2 aromatic rings. The van der Waals surface area contributed by atoms with E-state index >= 15 is 0 Å². The van der Waals surface area contributed by atoms with Crippen molar-refractivity contribution in [1.29, 1.82) is 0 Å². The van der Waals surface area contributed by atoms with Crippen LogP contribution in [0.5, 0.6) is 5.75 Å². The van der Waals surface area contributed by atoms with E-state index < -0.39 is 0 Å². The van der Waals surface area contributed by atoms with Gasteiger partial charge in [0.05, 0.1) is 22.1 Å². The summed E-state index contributed by atoms with van der Waals surface area (Å²) in [5.74, 6) is 0.823. The molecule has 0 fully saturated rings. The molecule has 2 N–H and O–H groups in total. The van der Waals surface area contributed by atoms with Crippen molar-refractivity contribution in [2.45, 2.75) is 13.0 Å². The van der Waals surface area contributed by atoms with E-state index in [2.05, 4.69) is 38.5 Å². The molecule has 0 spiro atoms. The lowest BCUT2D eigenvalue weighted by atomic mass is 10.00. The molecule has 0 aliphatic heterocycles. The number of hydrogen-bond acceptors (Lipinski definition) is 2. The summed E-state index contributed by atoms with van der Waals surface area (Å²) in [5.41, 5.74) is 8.31. The number of nitrogens with two attached hydrogens (primary N) is 1. The van der Waals surface area contributed by atoms with Crippen molar-refractivity contribution in [2.24, 2.45) is 5.73 Å². The lowest BCUT2D eigenvalue weighted by Gasteiger charge is -2.15. The molecule has 5 heteroatoms. The molecule has 1 atom stereocenters. The van der Waals surface area contributed by atoms with Crippen LogP contribution < -0.4 is 10.5 Å². The van der Waals surface area contributed by atoms with Crippen LogP contribution in [0.25, 0.3) is 0 Å². The van der Waals surface area contributed by atoms with Crippen molar-refractivity contribution < 1.29 is 4.74 Å². The van der Waals surface area contributed by atoms with E-state index in [4.69, 9.17) is 22.1 Å². The fourth-order valence-electron chi connectivity index (χ4n) is 1.88. The molecule has 2 rings (SSSR count). The Labute approximate surface area is 145 Å². The highest BCUT2D eigenvalue weighted by atomic mass is 127. The molecule has 106 valence electrons. The molecular weight excluding hydrogens is 452 g/mol. The number of halogens is 3. The van der Waals surface area contributed by atoms with Gasteiger partial charge in [-0.05, 0) is 80.8 Å². The summed E-state index contributed by atoms with van der Waals surface area (Å²) < 4.78 is 7.43. The van der Waals surface area contributed by atoms with E-state index in [-0.39, 0.29) is 6.04 Å². The zero-order chi connectivity index (χ0) is 14.7. The van der Waals surface area contributed by atoms with E-state index in [1.54, 1.807) is 0 Å². The third-order valence-electron chi connectivity index (χ3n) is 2.92. The second kappa shape index (κ2) is 7.11. The molecule has 0 aliphatic carbocycles. The van der Waals surface area contributed by atoms with Gasteiger partial charge in [0.25, 0.3) is 0 Å². The van der Waals surface area contributed by atoms with Gasteiger partial charge in [0.15, 0.2) is 0 Å². The first kappa shape index (κ1) is 16.1. The van der Waals surface area contributed by atoms with E-state index in [1.807, 2.05) is 43.3 Å². The highest BCUT2D eigenvalue weighted by Gasteiger charge is 2.12. The zero-order valence-electron chi connectivity index (χ0n) is 10.9. The maximum absolute atomic E-state index is 6.31. The van der Waals surface area contributed by atoms with Crippen LogP contribution in [-0.4, -0.2) is 6.61 Å². The SMILES string of the molecule is CCOc1ccc(C(N)c2ccc(I)c(Cl)c2)cc1Br. The fourth-order valence-corrected chi connectivity index (χ4v) is 2.92. The second-order valence-electron chi connectivity index (χ2n) is 4.27. The number of benzene rings is 2. The summed E-state index contributed by atoms with van der Waals surface area (Å²) in [6.45, 7) is 2.59. The van der Waals surface area contributed by atoms with Crippen LogP contribution in [0, 0.1) is 3.57 Å². The third kappa shape index (κ3) is 3.67. The van der Waals surface area contributed by atoms with Crippen LogP contribution in [-0.2, 0) is 0 Å². The van der Waals surface area contributed by atoms with Crippen LogP contribution in [0.3, 0.4) is 0 Å². The van der Waals surface area contributed by atoms with Crippen molar-refractivity contribution >= 4 is 50.1 Å². The topological polar surface area (TPSA) is 35.2 Å². The summed E-state index contributed by atoms with van der Waals surface area (Å²) in [7, 11) is 0. The van der Waals surface area contributed by atoms with Gasteiger partial charge < -0.3 is 10.5 Å².